The first kappa shape index (κ1) is 13.2. The second kappa shape index (κ2) is 5.62. The highest BCUT2D eigenvalue weighted by molar-refractivity contribution is 5.83. The van der Waals surface area contributed by atoms with Crippen molar-refractivity contribution in [3.63, 3.8) is 0 Å². The van der Waals surface area contributed by atoms with Crippen molar-refractivity contribution in [2.45, 2.75) is 26.4 Å². The summed E-state index contributed by atoms with van der Waals surface area (Å²) in [6.07, 6.45) is 1.69. The van der Waals surface area contributed by atoms with Crippen LogP contribution in [0.5, 0.6) is 0 Å². The van der Waals surface area contributed by atoms with Crippen molar-refractivity contribution in [1.82, 2.24) is 20.5 Å². The Hall–Kier alpha value is -2.21. The molecule has 2 heterocycles. The molecule has 6 nitrogen and oxygen atoms in total. The van der Waals surface area contributed by atoms with Crippen LogP contribution >= 0.6 is 0 Å². The van der Waals surface area contributed by atoms with Crippen molar-refractivity contribution in [1.29, 1.82) is 0 Å². The summed E-state index contributed by atoms with van der Waals surface area (Å²) in [7, 11) is 0. The zero-order valence-electron chi connectivity index (χ0n) is 11.0. The number of nitrogens with zero attached hydrogens (tertiary/aromatic N) is 2. The van der Waals surface area contributed by atoms with Gasteiger partial charge in [0.15, 0.2) is 0 Å². The quantitative estimate of drug-likeness (QED) is 0.754. The molecule has 0 spiro atoms. The average Bonchev–Trinajstić information content (AvgIpc) is 2.76. The first-order valence-corrected chi connectivity index (χ1v) is 6.04. The lowest BCUT2D eigenvalue weighted by molar-refractivity contribution is -0.122. The van der Waals surface area contributed by atoms with E-state index in [4.69, 9.17) is 5.73 Å². The molecule has 2 aromatic heterocycles. The second-order valence-corrected chi connectivity index (χ2v) is 4.36. The third-order valence-electron chi connectivity index (χ3n) is 2.95. The number of aryl methyl sites for hydroxylation is 2. The third kappa shape index (κ3) is 2.97. The van der Waals surface area contributed by atoms with Gasteiger partial charge in [0.05, 0.1) is 17.9 Å². The summed E-state index contributed by atoms with van der Waals surface area (Å²) in [4.78, 5) is 16.1. The largest absolute Gasteiger partial charge is 0.349 e. The molecule has 19 heavy (non-hydrogen) atoms. The fourth-order valence-corrected chi connectivity index (χ4v) is 1.94. The lowest BCUT2D eigenvalue weighted by Crippen LogP contribution is -2.34. The van der Waals surface area contributed by atoms with Crippen molar-refractivity contribution in [3.05, 3.63) is 47.0 Å². The van der Waals surface area contributed by atoms with E-state index in [2.05, 4.69) is 20.5 Å². The highest BCUT2D eigenvalue weighted by atomic mass is 16.2. The summed E-state index contributed by atoms with van der Waals surface area (Å²) in [6, 6.07) is 4.83. The van der Waals surface area contributed by atoms with Gasteiger partial charge in [-0.2, -0.15) is 5.10 Å². The summed E-state index contributed by atoms with van der Waals surface area (Å²) in [5, 5.41) is 9.64. The van der Waals surface area contributed by atoms with Gasteiger partial charge in [-0.15, -0.1) is 0 Å². The molecule has 0 aliphatic heterocycles. The van der Waals surface area contributed by atoms with E-state index < -0.39 is 6.04 Å². The normalized spacial score (nSPS) is 12.2. The molecule has 6 heteroatoms. The summed E-state index contributed by atoms with van der Waals surface area (Å²) in [6.45, 7) is 4.04. The van der Waals surface area contributed by atoms with Gasteiger partial charge in [0.2, 0.25) is 5.91 Å². The Morgan fingerprint density at radius 3 is 2.84 bits per heavy atom. The number of aromatic amines is 1. The van der Waals surface area contributed by atoms with Crippen LogP contribution < -0.4 is 11.1 Å². The number of nitrogens with two attached hydrogens (primary N) is 1. The number of carbonyl (C=O) groups excluding carboxylic acids is 1. The smallest absolute Gasteiger partial charge is 0.241 e. The first-order chi connectivity index (χ1) is 9.09. The molecule has 0 saturated carbocycles. The molecule has 100 valence electrons. The second-order valence-electron chi connectivity index (χ2n) is 4.36. The summed E-state index contributed by atoms with van der Waals surface area (Å²) in [5.41, 5.74) is 9.07. The van der Waals surface area contributed by atoms with E-state index in [1.165, 1.54) is 0 Å². The molecule has 0 radical (unpaired) electrons. The molecule has 2 aromatic rings. The molecule has 0 fully saturated rings. The predicted molar refractivity (Wildman–Crippen MR) is 71.1 cm³/mol. The molecule has 0 bridgehead atoms. The topological polar surface area (TPSA) is 96.7 Å². The SMILES string of the molecule is Cc1n[nH]c(C)c1[C@H](N)C(=O)NCc1ccccn1. The van der Waals surface area contributed by atoms with Gasteiger partial charge in [-0.05, 0) is 26.0 Å². The molecule has 0 saturated heterocycles. The van der Waals surface area contributed by atoms with E-state index in [1.54, 1.807) is 6.20 Å². The molecule has 0 aromatic carbocycles. The molecule has 4 N–H and O–H groups in total. The van der Waals surface area contributed by atoms with Crippen LogP contribution in [0.4, 0.5) is 0 Å². The standard InChI is InChI=1S/C13H17N5O/c1-8-11(9(2)18-17-8)12(14)13(19)16-7-10-5-3-4-6-15-10/h3-6,12H,7,14H2,1-2H3,(H,16,19)(H,17,18)/t12-/m0/s1. The number of aromatic nitrogens is 3. The molecular weight excluding hydrogens is 242 g/mol. The van der Waals surface area contributed by atoms with Crippen LogP contribution in [0.2, 0.25) is 0 Å². The molecule has 1 atom stereocenters. The number of rotatable bonds is 4. The van der Waals surface area contributed by atoms with Gasteiger partial charge < -0.3 is 11.1 Å². The minimum absolute atomic E-state index is 0.238. The van der Waals surface area contributed by atoms with E-state index in [-0.39, 0.29) is 5.91 Å². The highest BCUT2D eigenvalue weighted by Gasteiger charge is 2.21. The summed E-state index contributed by atoms with van der Waals surface area (Å²) in [5.74, 6) is -0.238. The Balaban J connectivity index is 2.01. The maximum absolute atomic E-state index is 12.0. The summed E-state index contributed by atoms with van der Waals surface area (Å²) >= 11 is 0. The Labute approximate surface area is 111 Å². The molecule has 0 aliphatic carbocycles. The number of hydrogen-bond acceptors (Lipinski definition) is 4. The lowest BCUT2D eigenvalue weighted by atomic mass is 10.1. The minimum Gasteiger partial charge on any atom is -0.349 e. The average molecular weight is 259 g/mol. The Morgan fingerprint density at radius 1 is 1.47 bits per heavy atom. The van der Waals surface area contributed by atoms with Gasteiger partial charge in [-0.3, -0.25) is 14.9 Å². The van der Waals surface area contributed by atoms with Gasteiger partial charge in [0, 0.05) is 17.5 Å². The van der Waals surface area contributed by atoms with Crippen molar-refractivity contribution >= 4 is 5.91 Å². The van der Waals surface area contributed by atoms with Crippen LogP contribution in [0.1, 0.15) is 28.7 Å². The predicted octanol–water partition coefficient (Wildman–Crippen LogP) is 0.738. The van der Waals surface area contributed by atoms with Crippen LogP contribution in [-0.4, -0.2) is 21.1 Å². The fraction of sp³-hybridized carbons (Fsp3) is 0.308. The number of pyridine rings is 1. The first-order valence-electron chi connectivity index (χ1n) is 6.04. The van der Waals surface area contributed by atoms with E-state index >= 15 is 0 Å². The van der Waals surface area contributed by atoms with Crippen molar-refractivity contribution in [2.75, 3.05) is 0 Å². The monoisotopic (exact) mass is 259 g/mol. The number of nitrogens with one attached hydrogen (secondary N) is 2. The van der Waals surface area contributed by atoms with E-state index in [1.807, 2.05) is 32.0 Å². The molecule has 1 amide bonds. The maximum atomic E-state index is 12.0. The van der Waals surface area contributed by atoms with Gasteiger partial charge >= 0.3 is 0 Å². The zero-order valence-corrected chi connectivity index (χ0v) is 11.0. The highest BCUT2D eigenvalue weighted by Crippen LogP contribution is 2.17. The summed E-state index contributed by atoms with van der Waals surface area (Å²) < 4.78 is 0. The molecule has 0 aliphatic rings. The number of amides is 1. The fourth-order valence-electron chi connectivity index (χ4n) is 1.94. The number of hydrogen-bond donors (Lipinski definition) is 3. The number of H-pyrrole nitrogens is 1. The Kier molecular flexibility index (Phi) is 3.91. The molecular formula is C13H17N5O. The van der Waals surface area contributed by atoms with Crippen molar-refractivity contribution in [3.8, 4) is 0 Å². The van der Waals surface area contributed by atoms with Crippen LogP contribution in [0.25, 0.3) is 0 Å². The van der Waals surface area contributed by atoms with Crippen molar-refractivity contribution in [2.24, 2.45) is 5.73 Å². The third-order valence-corrected chi connectivity index (χ3v) is 2.95. The van der Waals surface area contributed by atoms with Gasteiger partial charge in [-0.25, -0.2) is 0 Å². The van der Waals surface area contributed by atoms with Crippen LogP contribution in [-0.2, 0) is 11.3 Å². The van der Waals surface area contributed by atoms with Gasteiger partial charge in [0.1, 0.15) is 6.04 Å². The Bertz CT molecular complexity index is 544. The van der Waals surface area contributed by atoms with Crippen molar-refractivity contribution < 1.29 is 4.79 Å². The van der Waals surface area contributed by atoms with Crippen LogP contribution in [0.3, 0.4) is 0 Å². The maximum Gasteiger partial charge on any atom is 0.241 e. The van der Waals surface area contributed by atoms with Crippen LogP contribution in [0.15, 0.2) is 24.4 Å². The lowest BCUT2D eigenvalue weighted by Gasteiger charge is -2.12. The van der Waals surface area contributed by atoms with Crippen LogP contribution in [0, 0.1) is 13.8 Å². The molecule has 0 unspecified atom stereocenters. The Morgan fingerprint density at radius 2 is 2.26 bits per heavy atom. The molecule has 2 rings (SSSR count). The van der Waals surface area contributed by atoms with E-state index in [0.717, 1.165) is 22.6 Å². The van der Waals surface area contributed by atoms with Gasteiger partial charge in [0.25, 0.3) is 0 Å². The van der Waals surface area contributed by atoms with E-state index in [9.17, 15) is 4.79 Å². The zero-order chi connectivity index (χ0) is 13.8. The van der Waals surface area contributed by atoms with Gasteiger partial charge in [-0.1, -0.05) is 6.07 Å². The van der Waals surface area contributed by atoms with E-state index in [0.29, 0.717) is 6.54 Å². The minimum atomic E-state index is -0.720. The number of carbonyl (C=O) groups is 1.